The van der Waals surface area contributed by atoms with E-state index in [0.29, 0.717) is 6.42 Å². The lowest BCUT2D eigenvalue weighted by atomic mass is 9.93. The number of carbonyl (C=O) groups is 2. The van der Waals surface area contributed by atoms with Gasteiger partial charge in [0, 0.05) is 12.3 Å². The minimum absolute atomic E-state index is 0.0368. The summed E-state index contributed by atoms with van der Waals surface area (Å²) in [5.41, 5.74) is 11.1. The molecule has 0 saturated carbocycles. The van der Waals surface area contributed by atoms with Crippen LogP contribution in [0.15, 0.2) is 115 Å². The molecule has 0 aliphatic rings. The number of carbonyl (C=O) groups excluding carboxylic acids is 2. The van der Waals surface area contributed by atoms with E-state index in [9.17, 15) is 9.59 Å². The third-order valence-electron chi connectivity index (χ3n) is 6.45. The van der Waals surface area contributed by atoms with Crippen molar-refractivity contribution in [2.24, 2.45) is 11.7 Å². The molecule has 0 bridgehead atoms. The normalized spacial score (nSPS) is 11.7. The summed E-state index contributed by atoms with van der Waals surface area (Å²) in [5, 5.41) is 3.18. The summed E-state index contributed by atoms with van der Waals surface area (Å²) in [6.45, 7) is 0. The highest BCUT2D eigenvalue weighted by atomic mass is 16.2. The average molecular weight is 477 g/mol. The van der Waals surface area contributed by atoms with Crippen LogP contribution in [0.3, 0.4) is 0 Å². The minimum Gasteiger partial charge on any atom is -0.370 e. The summed E-state index contributed by atoms with van der Waals surface area (Å²) < 4.78 is 0. The van der Waals surface area contributed by atoms with Gasteiger partial charge in [0.1, 0.15) is 0 Å². The second kappa shape index (κ2) is 12.5. The summed E-state index contributed by atoms with van der Waals surface area (Å²) in [4.78, 5) is 25.1. The summed E-state index contributed by atoms with van der Waals surface area (Å²) >= 11 is 0. The topological polar surface area (TPSA) is 72.2 Å². The molecule has 4 rings (SSSR count). The lowest BCUT2D eigenvalue weighted by Crippen LogP contribution is -2.36. The van der Waals surface area contributed by atoms with Gasteiger partial charge in [-0.1, -0.05) is 115 Å². The molecule has 0 saturated heterocycles. The van der Waals surface area contributed by atoms with E-state index >= 15 is 0 Å². The lowest BCUT2D eigenvalue weighted by molar-refractivity contribution is -0.129. The van der Waals surface area contributed by atoms with Gasteiger partial charge < -0.3 is 11.1 Å². The first-order chi connectivity index (χ1) is 17.6. The Bertz CT molecular complexity index is 1200. The Hall–Kier alpha value is -4.18. The van der Waals surface area contributed by atoms with Crippen LogP contribution in [-0.4, -0.2) is 11.8 Å². The fourth-order valence-electron chi connectivity index (χ4n) is 4.53. The number of nitrogens with one attached hydrogen (secondary N) is 1. The molecule has 4 aromatic carbocycles. The maximum Gasteiger partial charge on any atom is 0.224 e. The molecule has 3 N–H and O–H groups in total. The van der Waals surface area contributed by atoms with Crippen LogP contribution in [0.25, 0.3) is 11.1 Å². The van der Waals surface area contributed by atoms with Crippen LogP contribution in [0.5, 0.6) is 0 Å². The van der Waals surface area contributed by atoms with Crippen LogP contribution in [0, 0.1) is 5.92 Å². The zero-order valence-corrected chi connectivity index (χ0v) is 20.3. The monoisotopic (exact) mass is 476 g/mol. The predicted octanol–water partition coefficient (Wildman–Crippen LogP) is 6.07. The van der Waals surface area contributed by atoms with Gasteiger partial charge in [-0.2, -0.15) is 0 Å². The van der Waals surface area contributed by atoms with Gasteiger partial charge >= 0.3 is 0 Å². The van der Waals surface area contributed by atoms with Crippen LogP contribution >= 0.6 is 0 Å². The van der Waals surface area contributed by atoms with Crippen LogP contribution < -0.4 is 11.1 Å². The van der Waals surface area contributed by atoms with Crippen LogP contribution in [0.1, 0.15) is 42.0 Å². The molecular formula is C32H32N2O2. The van der Waals surface area contributed by atoms with Gasteiger partial charge in [-0.05, 0) is 47.1 Å². The third kappa shape index (κ3) is 6.92. The van der Waals surface area contributed by atoms with Crippen molar-refractivity contribution in [3.63, 3.8) is 0 Å². The summed E-state index contributed by atoms with van der Waals surface area (Å²) in [5.74, 6) is -1.08. The molecule has 0 unspecified atom stereocenters. The van der Waals surface area contributed by atoms with E-state index < -0.39 is 11.8 Å². The number of hydrogen-bond donors (Lipinski definition) is 2. The number of aryl methyl sites for hydroxylation is 1. The van der Waals surface area contributed by atoms with Crippen LogP contribution in [0.2, 0.25) is 0 Å². The van der Waals surface area contributed by atoms with Gasteiger partial charge in [0.2, 0.25) is 11.8 Å². The Kier molecular flexibility index (Phi) is 8.66. The number of nitrogens with two attached hydrogens (primary N) is 1. The van der Waals surface area contributed by atoms with Gasteiger partial charge in [0.25, 0.3) is 0 Å². The largest absolute Gasteiger partial charge is 0.370 e. The molecule has 0 fully saturated rings. The summed E-state index contributed by atoms with van der Waals surface area (Å²) in [6, 6.07) is 38.3. The predicted molar refractivity (Wildman–Crippen MR) is 145 cm³/mol. The van der Waals surface area contributed by atoms with E-state index in [4.69, 9.17) is 5.73 Å². The van der Waals surface area contributed by atoms with Gasteiger partial charge in [-0.3, -0.25) is 9.59 Å². The molecule has 0 aromatic heterocycles. The van der Waals surface area contributed by atoms with E-state index in [1.54, 1.807) is 0 Å². The van der Waals surface area contributed by atoms with Crippen molar-refractivity contribution in [3.8, 4) is 11.1 Å². The quantitative estimate of drug-likeness (QED) is 0.276. The Morgan fingerprint density at radius 3 is 1.69 bits per heavy atom. The summed E-state index contributed by atoms with van der Waals surface area (Å²) in [6.07, 6.45) is 2.25. The maximum atomic E-state index is 13.4. The first-order valence-electron chi connectivity index (χ1n) is 12.4. The molecule has 1 atom stereocenters. The number of rotatable bonds is 11. The second-order valence-electron chi connectivity index (χ2n) is 9.09. The number of primary amides is 1. The zero-order valence-electron chi connectivity index (χ0n) is 20.3. The first-order valence-corrected chi connectivity index (χ1v) is 12.4. The standard InChI is InChI=1S/C32H32N2O2/c33-30(35)23-29(18-10-11-24-19-21-26(22-20-24)25-12-4-1-5-13-25)32(36)34-31(27-14-6-2-7-15-27)28-16-8-3-9-17-28/h1-9,12-17,19-22,29,31H,10-11,18,23H2,(H2,33,35)(H,34,36)/t29-/m1/s1. The third-order valence-corrected chi connectivity index (χ3v) is 6.45. The zero-order chi connectivity index (χ0) is 25.2. The van der Waals surface area contributed by atoms with E-state index in [0.717, 1.165) is 24.0 Å². The first kappa shape index (κ1) is 24.9. The average Bonchev–Trinajstić information content (AvgIpc) is 2.92. The second-order valence-corrected chi connectivity index (χ2v) is 9.09. The van der Waals surface area contributed by atoms with Crippen LogP contribution in [-0.2, 0) is 16.0 Å². The Balaban J connectivity index is 1.41. The van der Waals surface area contributed by atoms with Crippen molar-refractivity contribution in [1.82, 2.24) is 5.32 Å². The molecule has 182 valence electrons. The number of amides is 2. The smallest absolute Gasteiger partial charge is 0.224 e. The van der Waals surface area contributed by atoms with Crippen molar-refractivity contribution < 1.29 is 9.59 Å². The molecule has 4 nitrogen and oxygen atoms in total. The Labute approximate surface area is 213 Å². The molecule has 0 aliphatic carbocycles. The molecule has 0 heterocycles. The molecular weight excluding hydrogens is 444 g/mol. The fraction of sp³-hybridized carbons (Fsp3) is 0.188. The van der Waals surface area contributed by atoms with E-state index in [-0.39, 0.29) is 18.4 Å². The van der Waals surface area contributed by atoms with E-state index in [2.05, 4.69) is 41.7 Å². The highest BCUT2D eigenvalue weighted by Gasteiger charge is 2.24. The molecule has 0 radical (unpaired) electrons. The minimum atomic E-state index is -0.471. The van der Waals surface area contributed by atoms with E-state index in [1.807, 2.05) is 78.9 Å². The highest BCUT2D eigenvalue weighted by molar-refractivity contribution is 5.85. The van der Waals surface area contributed by atoms with Gasteiger partial charge in [-0.25, -0.2) is 0 Å². The Morgan fingerprint density at radius 1 is 0.667 bits per heavy atom. The van der Waals surface area contributed by atoms with Gasteiger partial charge in [0.05, 0.1) is 6.04 Å². The Morgan fingerprint density at radius 2 is 1.17 bits per heavy atom. The molecule has 4 heteroatoms. The molecule has 36 heavy (non-hydrogen) atoms. The SMILES string of the molecule is NC(=O)C[C@@H](CCCc1ccc(-c2ccccc2)cc1)C(=O)NC(c1ccccc1)c1ccccc1. The summed E-state index contributed by atoms with van der Waals surface area (Å²) in [7, 11) is 0. The van der Waals surface area contributed by atoms with Crippen molar-refractivity contribution in [2.45, 2.75) is 31.7 Å². The van der Waals surface area contributed by atoms with Crippen molar-refractivity contribution >= 4 is 11.8 Å². The number of benzene rings is 4. The molecule has 0 spiro atoms. The molecule has 2 amide bonds. The van der Waals surface area contributed by atoms with Crippen LogP contribution in [0.4, 0.5) is 0 Å². The van der Waals surface area contributed by atoms with Crippen molar-refractivity contribution in [3.05, 3.63) is 132 Å². The number of hydrogen-bond acceptors (Lipinski definition) is 2. The van der Waals surface area contributed by atoms with Crippen molar-refractivity contribution in [1.29, 1.82) is 0 Å². The molecule has 0 aliphatic heterocycles. The lowest BCUT2D eigenvalue weighted by Gasteiger charge is -2.23. The van der Waals surface area contributed by atoms with E-state index in [1.165, 1.54) is 16.7 Å². The highest BCUT2D eigenvalue weighted by Crippen LogP contribution is 2.24. The maximum absolute atomic E-state index is 13.4. The molecule has 4 aromatic rings. The van der Waals surface area contributed by atoms with Gasteiger partial charge in [-0.15, -0.1) is 0 Å². The van der Waals surface area contributed by atoms with Gasteiger partial charge in [0.15, 0.2) is 0 Å². The fourth-order valence-corrected chi connectivity index (χ4v) is 4.53. The van der Waals surface area contributed by atoms with Crippen molar-refractivity contribution in [2.75, 3.05) is 0 Å².